The molecule has 2 N–H and O–H groups in total. The van der Waals surface area contributed by atoms with E-state index in [9.17, 15) is 14.9 Å². The van der Waals surface area contributed by atoms with Gasteiger partial charge in [0.1, 0.15) is 5.92 Å². The Bertz CT molecular complexity index is 603. The number of amides is 2. The lowest BCUT2D eigenvalue weighted by Crippen LogP contribution is -2.45. The zero-order valence-electron chi connectivity index (χ0n) is 13.4. The molecule has 0 spiro atoms. The van der Waals surface area contributed by atoms with Crippen molar-refractivity contribution in [1.29, 1.82) is 10.5 Å². The molecule has 1 aliphatic rings. The molecule has 6 nitrogen and oxygen atoms in total. The number of allylic oxidation sites excluding steroid dienone is 1. The molecule has 0 fully saturated rings. The molecule has 0 aromatic rings. The second-order valence-electron chi connectivity index (χ2n) is 6.68. The summed E-state index contributed by atoms with van der Waals surface area (Å²) in [7, 11) is 0. The number of hydrogen-bond donors (Lipinski definition) is 2. The maximum absolute atomic E-state index is 12.0. The van der Waals surface area contributed by atoms with E-state index in [4.69, 9.17) is 5.26 Å². The van der Waals surface area contributed by atoms with Crippen LogP contribution in [0.2, 0.25) is 0 Å². The van der Waals surface area contributed by atoms with Crippen molar-refractivity contribution in [3.63, 3.8) is 0 Å². The first-order chi connectivity index (χ1) is 10.0. The Morgan fingerprint density at radius 1 is 1.41 bits per heavy atom. The highest BCUT2D eigenvalue weighted by atomic mass is 32.2. The summed E-state index contributed by atoms with van der Waals surface area (Å²) in [6, 6.07) is 4.00. The molecule has 0 saturated carbocycles. The molecule has 0 aliphatic carbocycles. The van der Waals surface area contributed by atoms with Crippen molar-refractivity contribution in [1.82, 2.24) is 10.6 Å². The quantitative estimate of drug-likeness (QED) is 0.822. The molecule has 1 rings (SSSR count). The minimum atomic E-state index is -0.921. The van der Waals surface area contributed by atoms with Crippen molar-refractivity contribution in [3.05, 3.63) is 10.6 Å². The lowest BCUT2D eigenvalue weighted by molar-refractivity contribution is -0.125. The Morgan fingerprint density at radius 2 is 2.00 bits per heavy atom. The average Bonchev–Trinajstić information content (AvgIpc) is 2.33. The number of rotatable bonds is 3. The van der Waals surface area contributed by atoms with E-state index in [1.54, 1.807) is 13.8 Å². The summed E-state index contributed by atoms with van der Waals surface area (Å²) >= 11 is 1.10. The maximum Gasteiger partial charge on any atom is 0.243 e. The summed E-state index contributed by atoms with van der Waals surface area (Å²) in [4.78, 5) is 23.9. The summed E-state index contributed by atoms with van der Waals surface area (Å²) in [6.07, 6.45) is 0. The van der Waals surface area contributed by atoms with Gasteiger partial charge in [-0.2, -0.15) is 10.5 Å². The van der Waals surface area contributed by atoms with Crippen molar-refractivity contribution in [2.75, 3.05) is 5.75 Å². The summed E-state index contributed by atoms with van der Waals surface area (Å²) in [5.41, 5.74) is -0.896. The van der Waals surface area contributed by atoms with Crippen molar-refractivity contribution in [3.8, 4) is 12.1 Å². The molecule has 0 aromatic carbocycles. The number of hydrogen-bond acceptors (Lipinski definition) is 5. The predicted molar refractivity (Wildman–Crippen MR) is 84.0 cm³/mol. The molecule has 0 unspecified atom stereocenters. The SMILES string of the molecule is CC(C)(C)NC(=O)CSC1=C(C#N)C(C)(C)[C@H](C#N)C(=O)N1. The first kappa shape index (κ1) is 18.1. The van der Waals surface area contributed by atoms with E-state index in [1.165, 1.54) is 0 Å². The van der Waals surface area contributed by atoms with Gasteiger partial charge in [0.05, 0.1) is 28.5 Å². The Morgan fingerprint density at radius 3 is 2.45 bits per heavy atom. The molecule has 118 valence electrons. The van der Waals surface area contributed by atoms with Crippen molar-refractivity contribution in [2.45, 2.75) is 40.2 Å². The normalized spacial score (nSPS) is 20.7. The predicted octanol–water partition coefficient (Wildman–Crippen LogP) is 1.67. The minimum Gasteiger partial charge on any atom is -0.351 e. The van der Waals surface area contributed by atoms with E-state index >= 15 is 0 Å². The molecule has 7 heteroatoms. The number of thioether (sulfide) groups is 1. The number of nitrogens with zero attached hydrogens (tertiary/aromatic N) is 2. The van der Waals surface area contributed by atoms with Gasteiger partial charge in [-0.25, -0.2) is 0 Å². The van der Waals surface area contributed by atoms with Crippen LogP contribution < -0.4 is 10.6 Å². The first-order valence-corrected chi connectivity index (χ1v) is 7.80. The monoisotopic (exact) mass is 320 g/mol. The fourth-order valence-corrected chi connectivity index (χ4v) is 3.10. The van der Waals surface area contributed by atoms with E-state index in [2.05, 4.69) is 16.7 Å². The minimum absolute atomic E-state index is 0.0887. The van der Waals surface area contributed by atoms with Gasteiger partial charge < -0.3 is 10.6 Å². The van der Waals surface area contributed by atoms with E-state index in [0.29, 0.717) is 10.6 Å². The molecule has 0 bridgehead atoms. The lowest BCUT2D eigenvalue weighted by atomic mass is 9.72. The van der Waals surface area contributed by atoms with E-state index in [1.807, 2.05) is 26.8 Å². The molecule has 2 amide bonds. The topological polar surface area (TPSA) is 106 Å². The molecular formula is C15H20N4O2S. The zero-order valence-corrected chi connectivity index (χ0v) is 14.2. The van der Waals surface area contributed by atoms with Crippen molar-refractivity contribution in [2.24, 2.45) is 11.3 Å². The van der Waals surface area contributed by atoms with E-state index in [0.717, 1.165) is 11.8 Å². The zero-order chi connectivity index (χ0) is 17.1. The van der Waals surface area contributed by atoms with E-state index in [-0.39, 0.29) is 17.2 Å². The van der Waals surface area contributed by atoms with Crippen LogP contribution in [0.5, 0.6) is 0 Å². The second kappa shape index (κ2) is 6.41. The van der Waals surface area contributed by atoms with Crippen molar-refractivity contribution < 1.29 is 9.59 Å². The van der Waals surface area contributed by atoms with Crippen LogP contribution in [0.3, 0.4) is 0 Å². The third kappa shape index (κ3) is 4.02. The Balaban J connectivity index is 2.96. The van der Waals surface area contributed by atoms with Gasteiger partial charge in [-0.15, -0.1) is 0 Å². The largest absolute Gasteiger partial charge is 0.351 e. The smallest absolute Gasteiger partial charge is 0.243 e. The molecule has 0 radical (unpaired) electrons. The fraction of sp³-hybridized carbons (Fsp3) is 0.600. The van der Waals surface area contributed by atoms with Crippen LogP contribution in [-0.4, -0.2) is 23.1 Å². The number of nitrogens with one attached hydrogen (secondary N) is 2. The van der Waals surface area contributed by atoms with Crippen LogP contribution in [0.25, 0.3) is 0 Å². The Kier molecular flexibility index (Phi) is 5.26. The second-order valence-corrected chi connectivity index (χ2v) is 7.66. The van der Waals surface area contributed by atoms with Crippen LogP contribution in [-0.2, 0) is 9.59 Å². The average molecular weight is 320 g/mol. The van der Waals surface area contributed by atoms with Crippen LogP contribution in [0.1, 0.15) is 34.6 Å². The van der Waals surface area contributed by atoms with Crippen LogP contribution in [0.4, 0.5) is 0 Å². The van der Waals surface area contributed by atoms with Gasteiger partial charge >= 0.3 is 0 Å². The Hall–Kier alpha value is -1.99. The van der Waals surface area contributed by atoms with Gasteiger partial charge in [-0.3, -0.25) is 9.59 Å². The first-order valence-electron chi connectivity index (χ1n) is 6.82. The van der Waals surface area contributed by atoms with Crippen LogP contribution in [0.15, 0.2) is 10.6 Å². The molecule has 22 heavy (non-hydrogen) atoms. The summed E-state index contributed by atoms with van der Waals surface area (Å²) in [5.74, 6) is -1.46. The number of carbonyl (C=O) groups is 2. The number of nitriles is 2. The molecule has 0 aromatic heterocycles. The van der Waals surface area contributed by atoms with Gasteiger partial charge in [-0.05, 0) is 20.8 Å². The molecular weight excluding hydrogens is 300 g/mol. The molecule has 1 heterocycles. The molecule has 1 atom stereocenters. The highest BCUT2D eigenvalue weighted by molar-refractivity contribution is 8.03. The van der Waals surface area contributed by atoms with Gasteiger partial charge in [0.25, 0.3) is 0 Å². The standard InChI is InChI=1S/C15H20N4O2S/c1-14(2,3)19-11(20)8-22-13-10(7-17)15(4,5)9(6-16)12(21)18-13/h9H,8H2,1-5H3,(H,18,21)(H,19,20)/t9-/m1/s1. The molecule has 0 saturated heterocycles. The van der Waals surface area contributed by atoms with Crippen molar-refractivity contribution >= 4 is 23.6 Å². The Labute approximate surface area is 134 Å². The van der Waals surface area contributed by atoms with Crippen LogP contribution >= 0.6 is 11.8 Å². The third-order valence-corrected chi connectivity index (χ3v) is 4.20. The van der Waals surface area contributed by atoms with Gasteiger partial charge in [-0.1, -0.05) is 25.6 Å². The molecule has 1 aliphatic heterocycles. The summed E-state index contributed by atoms with van der Waals surface area (Å²) in [5, 5.41) is 24.2. The number of carbonyl (C=O) groups excluding carboxylic acids is 2. The van der Waals surface area contributed by atoms with Gasteiger partial charge in [0.15, 0.2) is 0 Å². The highest BCUT2D eigenvalue weighted by Crippen LogP contribution is 2.41. The lowest BCUT2D eigenvalue weighted by Gasteiger charge is -2.34. The van der Waals surface area contributed by atoms with Crippen LogP contribution in [0, 0.1) is 34.0 Å². The van der Waals surface area contributed by atoms with E-state index < -0.39 is 17.2 Å². The fourth-order valence-electron chi connectivity index (χ4n) is 2.13. The maximum atomic E-state index is 12.0. The summed E-state index contributed by atoms with van der Waals surface area (Å²) < 4.78 is 0. The highest BCUT2D eigenvalue weighted by Gasteiger charge is 2.44. The third-order valence-electron chi connectivity index (χ3n) is 3.19. The van der Waals surface area contributed by atoms with Gasteiger partial charge in [0, 0.05) is 11.0 Å². The van der Waals surface area contributed by atoms with Gasteiger partial charge in [0.2, 0.25) is 11.8 Å². The summed E-state index contributed by atoms with van der Waals surface area (Å²) in [6.45, 7) is 9.00.